The molecule has 0 radical (unpaired) electrons. The SMILES string of the molecule is CCC(C)COC(=O)/C(C#N)=C(/c1ccccc1)c1ccc(OC)cc1. The third-order valence-electron chi connectivity index (χ3n) is 4.20. The molecular formula is C22H23NO3. The van der Waals surface area contributed by atoms with Crippen LogP contribution in [0, 0.1) is 17.2 Å². The summed E-state index contributed by atoms with van der Waals surface area (Å²) >= 11 is 0. The predicted molar refractivity (Wildman–Crippen MR) is 101 cm³/mol. The molecule has 2 aromatic rings. The van der Waals surface area contributed by atoms with Crippen LogP contribution >= 0.6 is 0 Å². The summed E-state index contributed by atoms with van der Waals surface area (Å²) in [6.07, 6.45) is 0.906. The zero-order chi connectivity index (χ0) is 18.9. The molecule has 134 valence electrons. The maximum absolute atomic E-state index is 12.6. The molecule has 1 atom stereocenters. The molecule has 0 saturated heterocycles. The Morgan fingerprint density at radius 2 is 1.69 bits per heavy atom. The molecule has 0 spiro atoms. The van der Waals surface area contributed by atoms with E-state index in [-0.39, 0.29) is 11.5 Å². The summed E-state index contributed by atoms with van der Waals surface area (Å²) < 4.78 is 10.6. The lowest BCUT2D eigenvalue weighted by Crippen LogP contribution is -2.14. The fourth-order valence-corrected chi connectivity index (χ4v) is 2.43. The van der Waals surface area contributed by atoms with E-state index in [4.69, 9.17) is 9.47 Å². The van der Waals surface area contributed by atoms with E-state index in [1.54, 1.807) is 19.2 Å². The van der Waals surface area contributed by atoms with Gasteiger partial charge in [-0.1, -0.05) is 62.7 Å². The molecule has 0 heterocycles. The van der Waals surface area contributed by atoms with Crippen molar-refractivity contribution < 1.29 is 14.3 Å². The summed E-state index contributed by atoms with van der Waals surface area (Å²) in [5.41, 5.74) is 2.11. The van der Waals surface area contributed by atoms with Gasteiger partial charge >= 0.3 is 5.97 Å². The molecule has 0 saturated carbocycles. The standard InChI is InChI=1S/C22H23NO3/c1-4-16(2)15-26-22(24)20(14-23)21(17-8-6-5-7-9-17)18-10-12-19(25-3)13-11-18/h5-13,16H,4,15H2,1-3H3/b21-20-. The first-order valence-corrected chi connectivity index (χ1v) is 8.62. The Balaban J connectivity index is 2.50. The molecule has 0 aromatic heterocycles. The molecular weight excluding hydrogens is 326 g/mol. The molecule has 0 amide bonds. The van der Waals surface area contributed by atoms with Gasteiger partial charge in [0.15, 0.2) is 0 Å². The van der Waals surface area contributed by atoms with Crippen molar-refractivity contribution in [2.75, 3.05) is 13.7 Å². The monoisotopic (exact) mass is 349 g/mol. The number of nitrogens with zero attached hydrogens (tertiary/aromatic N) is 1. The van der Waals surface area contributed by atoms with Crippen LogP contribution in [0.1, 0.15) is 31.4 Å². The van der Waals surface area contributed by atoms with Crippen LogP contribution < -0.4 is 4.74 Å². The quantitative estimate of drug-likeness (QED) is 0.416. The average molecular weight is 349 g/mol. The van der Waals surface area contributed by atoms with E-state index < -0.39 is 5.97 Å². The smallest absolute Gasteiger partial charge is 0.349 e. The van der Waals surface area contributed by atoms with E-state index in [2.05, 4.69) is 0 Å². The number of ether oxygens (including phenoxy) is 2. The Kier molecular flexibility index (Phi) is 6.99. The number of rotatable bonds is 7. The lowest BCUT2D eigenvalue weighted by molar-refractivity contribution is -0.139. The zero-order valence-corrected chi connectivity index (χ0v) is 15.4. The van der Waals surface area contributed by atoms with Gasteiger partial charge in [0, 0.05) is 5.57 Å². The number of benzene rings is 2. The lowest BCUT2D eigenvalue weighted by atomic mass is 9.93. The number of esters is 1. The largest absolute Gasteiger partial charge is 0.497 e. The molecule has 0 bridgehead atoms. The molecule has 2 rings (SSSR count). The Bertz CT molecular complexity index is 802. The second-order valence-corrected chi connectivity index (χ2v) is 6.07. The number of hydrogen-bond acceptors (Lipinski definition) is 4. The normalized spacial score (nSPS) is 12.5. The van der Waals surface area contributed by atoms with Crippen molar-refractivity contribution in [2.24, 2.45) is 5.92 Å². The first kappa shape index (κ1) is 19.3. The van der Waals surface area contributed by atoms with Gasteiger partial charge in [-0.25, -0.2) is 4.79 Å². The van der Waals surface area contributed by atoms with E-state index in [0.29, 0.717) is 17.9 Å². The zero-order valence-electron chi connectivity index (χ0n) is 15.4. The molecule has 0 aliphatic heterocycles. The van der Waals surface area contributed by atoms with Crippen LogP contribution in [0.3, 0.4) is 0 Å². The van der Waals surface area contributed by atoms with Crippen molar-refractivity contribution in [2.45, 2.75) is 20.3 Å². The van der Waals surface area contributed by atoms with Gasteiger partial charge in [0.25, 0.3) is 0 Å². The lowest BCUT2D eigenvalue weighted by Gasteiger charge is -2.14. The molecule has 4 heteroatoms. The van der Waals surface area contributed by atoms with Gasteiger partial charge in [-0.05, 0) is 29.2 Å². The van der Waals surface area contributed by atoms with Crippen LogP contribution in [-0.2, 0) is 9.53 Å². The molecule has 4 nitrogen and oxygen atoms in total. The number of carbonyl (C=O) groups excluding carboxylic acids is 1. The van der Waals surface area contributed by atoms with Crippen molar-refractivity contribution in [1.29, 1.82) is 5.26 Å². The summed E-state index contributed by atoms with van der Waals surface area (Å²) in [5, 5.41) is 9.68. The van der Waals surface area contributed by atoms with Crippen molar-refractivity contribution in [1.82, 2.24) is 0 Å². The molecule has 0 fully saturated rings. The number of methoxy groups -OCH3 is 1. The van der Waals surface area contributed by atoms with Gasteiger partial charge in [0.05, 0.1) is 13.7 Å². The third kappa shape index (κ3) is 4.73. The van der Waals surface area contributed by atoms with Crippen molar-refractivity contribution in [3.05, 3.63) is 71.3 Å². The Hall–Kier alpha value is -3.06. The fraction of sp³-hybridized carbons (Fsp3) is 0.273. The van der Waals surface area contributed by atoms with E-state index >= 15 is 0 Å². The first-order chi connectivity index (χ1) is 12.6. The molecule has 0 N–H and O–H groups in total. The third-order valence-corrected chi connectivity index (χ3v) is 4.20. The highest BCUT2D eigenvalue weighted by Crippen LogP contribution is 2.29. The van der Waals surface area contributed by atoms with Crippen LogP contribution in [0.5, 0.6) is 5.75 Å². The highest BCUT2D eigenvalue weighted by Gasteiger charge is 2.20. The van der Waals surface area contributed by atoms with E-state index in [9.17, 15) is 10.1 Å². The van der Waals surface area contributed by atoms with Crippen LogP contribution in [0.4, 0.5) is 0 Å². The van der Waals surface area contributed by atoms with Crippen LogP contribution in [-0.4, -0.2) is 19.7 Å². The van der Waals surface area contributed by atoms with Gasteiger partial charge in [-0.3, -0.25) is 0 Å². The highest BCUT2D eigenvalue weighted by atomic mass is 16.5. The average Bonchev–Trinajstić information content (AvgIpc) is 2.70. The van der Waals surface area contributed by atoms with Gasteiger partial charge < -0.3 is 9.47 Å². The van der Waals surface area contributed by atoms with E-state index in [1.807, 2.05) is 62.4 Å². The minimum absolute atomic E-state index is 0.00432. The Morgan fingerprint density at radius 1 is 1.08 bits per heavy atom. The second-order valence-electron chi connectivity index (χ2n) is 6.07. The second kappa shape index (κ2) is 9.43. The van der Waals surface area contributed by atoms with Crippen LogP contribution in [0.2, 0.25) is 0 Å². The number of carbonyl (C=O) groups is 1. The maximum atomic E-state index is 12.6. The topological polar surface area (TPSA) is 59.3 Å². The summed E-state index contributed by atoms with van der Waals surface area (Å²) in [4.78, 5) is 12.6. The highest BCUT2D eigenvalue weighted by molar-refractivity contribution is 6.05. The van der Waals surface area contributed by atoms with Crippen molar-refractivity contribution in [3.8, 4) is 11.8 Å². The summed E-state index contributed by atoms with van der Waals surface area (Å²) in [5.74, 6) is 0.363. The fourth-order valence-electron chi connectivity index (χ4n) is 2.43. The predicted octanol–water partition coefficient (Wildman–Crippen LogP) is 4.61. The van der Waals surface area contributed by atoms with E-state index in [1.165, 1.54) is 0 Å². The summed E-state index contributed by atoms with van der Waals surface area (Å²) in [6.45, 7) is 4.34. The number of hydrogen-bond donors (Lipinski definition) is 0. The molecule has 26 heavy (non-hydrogen) atoms. The van der Waals surface area contributed by atoms with Gasteiger partial charge in [-0.15, -0.1) is 0 Å². The van der Waals surface area contributed by atoms with Crippen LogP contribution in [0.25, 0.3) is 5.57 Å². The summed E-state index contributed by atoms with van der Waals surface area (Å²) in [7, 11) is 1.59. The Labute approximate surface area is 154 Å². The van der Waals surface area contributed by atoms with Crippen molar-refractivity contribution >= 4 is 11.5 Å². The van der Waals surface area contributed by atoms with Gasteiger partial charge in [0.1, 0.15) is 17.4 Å². The molecule has 0 aliphatic rings. The Morgan fingerprint density at radius 3 is 2.23 bits per heavy atom. The molecule has 2 aromatic carbocycles. The number of nitriles is 1. The van der Waals surface area contributed by atoms with Crippen LogP contribution in [0.15, 0.2) is 60.2 Å². The summed E-state index contributed by atoms with van der Waals surface area (Å²) in [6, 6.07) is 18.7. The van der Waals surface area contributed by atoms with Crippen molar-refractivity contribution in [3.63, 3.8) is 0 Å². The molecule has 0 aliphatic carbocycles. The minimum Gasteiger partial charge on any atom is -0.497 e. The maximum Gasteiger partial charge on any atom is 0.349 e. The minimum atomic E-state index is -0.595. The van der Waals surface area contributed by atoms with Gasteiger partial charge in [-0.2, -0.15) is 5.26 Å². The molecule has 1 unspecified atom stereocenters. The van der Waals surface area contributed by atoms with Gasteiger partial charge in [0.2, 0.25) is 0 Å². The van der Waals surface area contributed by atoms with E-state index in [0.717, 1.165) is 17.5 Å². The first-order valence-electron chi connectivity index (χ1n) is 8.62.